The monoisotopic (exact) mass is 599 g/mol. The first kappa shape index (κ1) is 30.0. The number of anilines is 1. The maximum absolute atomic E-state index is 14.2. The Bertz CT molecular complexity index is 1520. The predicted molar refractivity (Wildman–Crippen MR) is 139 cm³/mol. The van der Waals surface area contributed by atoms with Crippen molar-refractivity contribution in [3.05, 3.63) is 64.2 Å². The molecule has 3 aromatic rings. The van der Waals surface area contributed by atoms with Gasteiger partial charge in [-0.1, -0.05) is 48.9 Å². The largest absolute Gasteiger partial charge is 0.486 e. The molecule has 0 unspecified atom stereocenters. The highest BCUT2D eigenvalue weighted by Gasteiger charge is 2.45. The molecule has 0 spiro atoms. The zero-order valence-electron chi connectivity index (χ0n) is 21.7. The molecule has 4 rings (SSSR count). The third-order valence-corrected chi connectivity index (χ3v) is 6.49. The van der Waals surface area contributed by atoms with Crippen LogP contribution in [0.5, 0.6) is 11.5 Å². The van der Waals surface area contributed by atoms with Crippen LogP contribution in [0.15, 0.2) is 42.5 Å². The van der Waals surface area contributed by atoms with E-state index in [2.05, 4.69) is 0 Å². The molecule has 0 bridgehead atoms. The minimum absolute atomic E-state index is 0.00536. The van der Waals surface area contributed by atoms with Crippen molar-refractivity contribution in [2.75, 3.05) is 24.7 Å². The van der Waals surface area contributed by atoms with Gasteiger partial charge in [0, 0.05) is 17.2 Å². The lowest BCUT2D eigenvalue weighted by atomic mass is 9.99. The van der Waals surface area contributed by atoms with Crippen molar-refractivity contribution < 1.29 is 50.5 Å². The SMILES string of the molecule is CCOC(=O)Cc1ccc(N2C(=O)c3c(c(OCC(F)(F)CC)c4ccccc4c3OCC(F)(F)F)C2=O)c(Cl)c1. The van der Waals surface area contributed by atoms with Gasteiger partial charge < -0.3 is 14.2 Å². The molecule has 0 aliphatic carbocycles. The lowest BCUT2D eigenvalue weighted by Crippen LogP contribution is -2.30. The zero-order chi connectivity index (χ0) is 30.1. The van der Waals surface area contributed by atoms with E-state index in [9.17, 15) is 36.3 Å². The summed E-state index contributed by atoms with van der Waals surface area (Å²) < 4.78 is 83.2. The number of amides is 2. The fourth-order valence-corrected chi connectivity index (χ4v) is 4.56. The molecule has 3 aromatic carbocycles. The molecule has 0 radical (unpaired) electrons. The summed E-state index contributed by atoms with van der Waals surface area (Å²) in [4.78, 5) is 39.9. The number of hydrogen-bond donors (Lipinski definition) is 0. The predicted octanol–water partition coefficient (Wildman–Crippen LogP) is 6.76. The molecule has 0 atom stereocenters. The Morgan fingerprint density at radius 1 is 0.878 bits per heavy atom. The minimum Gasteiger partial charge on any atom is -0.486 e. The molecule has 218 valence electrons. The standard InChI is InChI=1S/C28H23ClF5NO6/c1-3-27(30,31)13-40-23-16-7-5-6-8-17(16)24(41-14-28(32,33)34)22-21(23)25(37)35(26(22)38)19-10-9-15(11-18(19)29)12-20(36)39-4-2/h5-11H,3-4,12-14H2,1-2H3. The summed E-state index contributed by atoms with van der Waals surface area (Å²) in [5.74, 6) is -6.97. The number of hydrogen-bond acceptors (Lipinski definition) is 6. The molecule has 41 heavy (non-hydrogen) atoms. The molecule has 7 nitrogen and oxygen atoms in total. The summed E-state index contributed by atoms with van der Waals surface area (Å²) in [6, 6.07) is 9.60. The molecule has 2 amide bonds. The van der Waals surface area contributed by atoms with Gasteiger partial charge in [0.05, 0.1) is 34.9 Å². The summed E-state index contributed by atoms with van der Waals surface area (Å²) in [6.07, 6.45) is -5.54. The molecular weight excluding hydrogens is 577 g/mol. The molecule has 0 saturated heterocycles. The van der Waals surface area contributed by atoms with Gasteiger partial charge in [0.25, 0.3) is 17.7 Å². The van der Waals surface area contributed by atoms with Crippen molar-refractivity contribution in [1.82, 2.24) is 0 Å². The van der Waals surface area contributed by atoms with Crippen LogP contribution in [0.25, 0.3) is 10.8 Å². The number of fused-ring (bicyclic) bond motifs is 2. The molecule has 1 aliphatic heterocycles. The van der Waals surface area contributed by atoms with Gasteiger partial charge in [-0.15, -0.1) is 0 Å². The number of alkyl halides is 5. The van der Waals surface area contributed by atoms with Gasteiger partial charge in [-0.2, -0.15) is 13.2 Å². The fourth-order valence-electron chi connectivity index (χ4n) is 4.27. The maximum Gasteiger partial charge on any atom is 0.422 e. The number of benzene rings is 3. The molecule has 1 aliphatic rings. The summed E-state index contributed by atoms with van der Waals surface area (Å²) in [5, 5.41) is -0.193. The lowest BCUT2D eigenvalue weighted by Gasteiger charge is -2.20. The third kappa shape index (κ3) is 6.22. The summed E-state index contributed by atoms with van der Waals surface area (Å²) >= 11 is 6.38. The van der Waals surface area contributed by atoms with E-state index in [0.717, 1.165) is 0 Å². The Morgan fingerprint density at radius 2 is 1.44 bits per heavy atom. The van der Waals surface area contributed by atoms with Gasteiger partial charge in [-0.25, -0.2) is 13.7 Å². The van der Waals surface area contributed by atoms with Crippen LogP contribution in [0.3, 0.4) is 0 Å². The molecule has 1 heterocycles. The second kappa shape index (κ2) is 11.5. The highest BCUT2D eigenvalue weighted by Crippen LogP contribution is 2.47. The topological polar surface area (TPSA) is 82.1 Å². The number of ether oxygens (including phenoxy) is 3. The molecule has 13 heteroatoms. The van der Waals surface area contributed by atoms with E-state index in [1.807, 2.05) is 0 Å². The van der Waals surface area contributed by atoms with Gasteiger partial charge in [0.2, 0.25) is 0 Å². The summed E-state index contributed by atoms with van der Waals surface area (Å²) in [6.45, 7) is 0.0644. The van der Waals surface area contributed by atoms with Crippen molar-refractivity contribution in [2.24, 2.45) is 0 Å². The van der Waals surface area contributed by atoms with Crippen molar-refractivity contribution in [1.29, 1.82) is 0 Å². The Labute approximate surface area is 235 Å². The van der Waals surface area contributed by atoms with Crippen LogP contribution in [0.4, 0.5) is 27.6 Å². The Balaban J connectivity index is 1.88. The molecule has 0 N–H and O–H groups in total. The van der Waals surface area contributed by atoms with E-state index in [4.69, 9.17) is 25.8 Å². The number of carbonyl (C=O) groups is 3. The quantitative estimate of drug-likeness (QED) is 0.145. The van der Waals surface area contributed by atoms with Gasteiger partial charge in [-0.3, -0.25) is 14.4 Å². The van der Waals surface area contributed by atoms with Crippen molar-refractivity contribution in [3.63, 3.8) is 0 Å². The Morgan fingerprint density at radius 3 is 1.93 bits per heavy atom. The van der Waals surface area contributed by atoms with Crippen LogP contribution in [0.2, 0.25) is 5.02 Å². The zero-order valence-corrected chi connectivity index (χ0v) is 22.5. The van der Waals surface area contributed by atoms with E-state index in [1.54, 1.807) is 6.92 Å². The van der Waals surface area contributed by atoms with Crippen LogP contribution in [0, 0.1) is 0 Å². The average molecular weight is 600 g/mol. The van der Waals surface area contributed by atoms with E-state index < -0.39 is 72.1 Å². The fraction of sp³-hybridized carbons (Fsp3) is 0.321. The number of carbonyl (C=O) groups excluding carboxylic acids is 3. The van der Waals surface area contributed by atoms with Crippen LogP contribution in [0.1, 0.15) is 46.5 Å². The first-order valence-corrected chi connectivity index (χ1v) is 12.8. The van der Waals surface area contributed by atoms with Crippen molar-refractivity contribution in [3.8, 4) is 11.5 Å². The highest BCUT2D eigenvalue weighted by atomic mass is 35.5. The van der Waals surface area contributed by atoms with E-state index >= 15 is 0 Å². The second-order valence-electron chi connectivity index (χ2n) is 9.07. The minimum atomic E-state index is -4.80. The number of esters is 1. The van der Waals surface area contributed by atoms with E-state index in [-0.39, 0.29) is 34.5 Å². The van der Waals surface area contributed by atoms with E-state index in [0.29, 0.717) is 10.5 Å². The van der Waals surface area contributed by atoms with Crippen LogP contribution in [-0.2, 0) is 16.0 Å². The molecule has 0 aromatic heterocycles. The lowest BCUT2D eigenvalue weighted by molar-refractivity contribution is -0.153. The van der Waals surface area contributed by atoms with Gasteiger partial charge >= 0.3 is 12.1 Å². The average Bonchev–Trinajstić information content (AvgIpc) is 3.15. The first-order chi connectivity index (χ1) is 19.3. The molecular formula is C28H23ClF5NO6. The van der Waals surface area contributed by atoms with Crippen LogP contribution < -0.4 is 14.4 Å². The first-order valence-electron chi connectivity index (χ1n) is 12.4. The summed E-state index contributed by atoms with van der Waals surface area (Å²) in [5.41, 5.74) is -0.871. The Kier molecular flexibility index (Phi) is 8.44. The number of halogens is 6. The smallest absolute Gasteiger partial charge is 0.422 e. The number of nitrogens with zero attached hydrogens (tertiary/aromatic N) is 1. The van der Waals surface area contributed by atoms with Gasteiger partial charge in [-0.05, 0) is 24.6 Å². The Hall–Kier alpha value is -3.93. The number of rotatable bonds is 10. The third-order valence-electron chi connectivity index (χ3n) is 6.19. The summed E-state index contributed by atoms with van der Waals surface area (Å²) in [7, 11) is 0. The van der Waals surface area contributed by atoms with Crippen LogP contribution in [-0.4, -0.2) is 49.7 Å². The highest BCUT2D eigenvalue weighted by molar-refractivity contribution is 6.41. The van der Waals surface area contributed by atoms with Gasteiger partial charge in [0.1, 0.15) is 11.5 Å². The normalized spacial score (nSPS) is 13.5. The van der Waals surface area contributed by atoms with Crippen molar-refractivity contribution in [2.45, 2.75) is 38.8 Å². The maximum atomic E-state index is 14.2. The number of imide groups is 1. The molecule has 0 fully saturated rings. The van der Waals surface area contributed by atoms with E-state index in [1.165, 1.54) is 49.4 Å². The van der Waals surface area contributed by atoms with Crippen LogP contribution >= 0.6 is 11.6 Å². The van der Waals surface area contributed by atoms with Crippen molar-refractivity contribution >= 4 is 45.8 Å². The van der Waals surface area contributed by atoms with Gasteiger partial charge in [0.15, 0.2) is 13.2 Å². The second-order valence-corrected chi connectivity index (χ2v) is 9.48. The molecule has 0 saturated carbocycles.